The quantitative estimate of drug-likeness (QED) is 0.820. The lowest BCUT2D eigenvalue weighted by Crippen LogP contribution is -2.05. The van der Waals surface area contributed by atoms with E-state index in [1.54, 1.807) is 6.07 Å². The number of aromatic amines is 1. The van der Waals surface area contributed by atoms with Crippen LogP contribution in [0.3, 0.4) is 0 Å². The van der Waals surface area contributed by atoms with Gasteiger partial charge in [-0.2, -0.15) is 0 Å². The van der Waals surface area contributed by atoms with Crippen molar-refractivity contribution in [1.82, 2.24) is 4.98 Å². The molecule has 1 aromatic carbocycles. The molecule has 1 aromatic heterocycles. The third-order valence-corrected chi connectivity index (χ3v) is 2.90. The van der Waals surface area contributed by atoms with Crippen molar-refractivity contribution < 1.29 is 4.39 Å². The van der Waals surface area contributed by atoms with E-state index in [0.29, 0.717) is 18.0 Å². The van der Waals surface area contributed by atoms with Crippen LogP contribution in [-0.2, 0) is 6.42 Å². The molecular weight excluding hydrogens is 203 g/mol. The number of halogens is 1. The van der Waals surface area contributed by atoms with E-state index in [1.165, 1.54) is 6.07 Å². The van der Waals surface area contributed by atoms with E-state index in [2.05, 4.69) is 18.8 Å². The van der Waals surface area contributed by atoms with Crippen LogP contribution in [0.2, 0.25) is 0 Å². The molecule has 0 amide bonds. The summed E-state index contributed by atoms with van der Waals surface area (Å²) in [5.74, 6) is 0.163. The van der Waals surface area contributed by atoms with E-state index < -0.39 is 0 Å². The third kappa shape index (κ3) is 1.71. The number of para-hydroxylation sites is 1. The Morgan fingerprint density at radius 2 is 2.12 bits per heavy atom. The first-order valence-electron chi connectivity index (χ1n) is 5.64. The van der Waals surface area contributed by atoms with Crippen LogP contribution in [0.4, 0.5) is 4.39 Å². The maximum absolute atomic E-state index is 13.6. The smallest absolute Gasteiger partial charge is 0.147 e. The summed E-state index contributed by atoms with van der Waals surface area (Å²) in [6.07, 6.45) is 0.789. The van der Waals surface area contributed by atoms with Crippen LogP contribution < -0.4 is 5.73 Å². The average molecular weight is 220 g/mol. The van der Waals surface area contributed by atoms with Crippen molar-refractivity contribution in [3.05, 3.63) is 35.3 Å². The Bertz CT molecular complexity index is 500. The lowest BCUT2D eigenvalue weighted by atomic mass is 10.0. The second-order valence-corrected chi connectivity index (χ2v) is 4.37. The maximum atomic E-state index is 13.6. The highest BCUT2D eigenvalue weighted by molar-refractivity contribution is 5.85. The molecule has 0 spiro atoms. The SMILES string of the molecule is CC(C)c1[nH]c2c(F)cccc2c1CCN. The first-order valence-corrected chi connectivity index (χ1v) is 5.64. The summed E-state index contributed by atoms with van der Waals surface area (Å²) in [7, 11) is 0. The molecule has 2 rings (SSSR count). The van der Waals surface area contributed by atoms with Crippen LogP contribution in [0, 0.1) is 5.82 Å². The first kappa shape index (κ1) is 11.1. The van der Waals surface area contributed by atoms with Gasteiger partial charge in [-0.1, -0.05) is 26.0 Å². The Morgan fingerprint density at radius 1 is 1.38 bits per heavy atom. The molecule has 2 nitrogen and oxygen atoms in total. The van der Waals surface area contributed by atoms with Gasteiger partial charge in [0.2, 0.25) is 0 Å². The predicted octanol–water partition coefficient (Wildman–Crippen LogP) is 2.93. The van der Waals surface area contributed by atoms with Gasteiger partial charge < -0.3 is 10.7 Å². The Hall–Kier alpha value is -1.35. The van der Waals surface area contributed by atoms with Crippen LogP contribution in [0.25, 0.3) is 10.9 Å². The van der Waals surface area contributed by atoms with Crippen LogP contribution in [0.1, 0.15) is 31.0 Å². The summed E-state index contributed by atoms with van der Waals surface area (Å²) >= 11 is 0. The number of aromatic nitrogens is 1. The molecule has 3 N–H and O–H groups in total. The summed E-state index contributed by atoms with van der Waals surface area (Å²) in [4.78, 5) is 3.19. The van der Waals surface area contributed by atoms with E-state index in [-0.39, 0.29) is 5.82 Å². The molecule has 0 unspecified atom stereocenters. The van der Waals surface area contributed by atoms with E-state index in [9.17, 15) is 4.39 Å². The van der Waals surface area contributed by atoms with Crippen molar-refractivity contribution in [1.29, 1.82) is 0 Å². The predicted molar refractivity (Wildman–Crippen MR) is 65.1 cm³/mol. The van der Waals surface area contributed by atoms with Gasteiger partial charge in [-0.15, -0.1) is 0 Å². The second kappa shape index (κ2) is 4.26. The van der Waals surface area contributed by atoms with E-state index in [1.807, 2.05) is 6.07 Å². The minimum atomic E-state index is -0.192. The molecule has 86 valence electrons. The normalized spacial score (nSPS) is 11.6. The van der Waals surface area contributed by atoms with Crippen molar-refractivity contribution in [2.45, 2.75) is 26.2 Å². The van der Waals surface area contributed by atoms with Crippen LogP contribution >= 0.6 is 0 Å². The van der Waals surface area contributed by atoms with Crippen molar-refractivity contribution in [3.8, 4) is 0 Å². The third-order valence-electron chi connectivity index (χ3n) is 2.90. The highest BCUT2D eigenvalue weighted by Gasteiger charge is 2.15. The topological polar surface area (TPSA) is 41.8 Å². The van der Waals surface area contributed by atoms with Gasteiger partial charge in [0.25, 0.3) is 0 Å². The molecule has 0 aliphatic rings. The summed E-state index contributed by atoms with van der Waals surface area (Å²) < 4.78 is 13.6. The minimum Gasteiger partial charge on any atom is -0.356 e. The zero-order chi connectivity index (χ0) is 11.7. The first-order chi connectivity index (χ1) is 7.65. The molecule has 0 bridgehead atoms. The Labute approximate surface area is 94.7 Å². The number of H-pyrrole nitrogens is 1. The van der Waals surface area contributed by atoms with Gasteiger partial charge in [0.15, 0.2) is 0 Å². The standard InChI is InChI=1S/C13H17FN2/c1-8(2)12-10(6-7-15)9-4-3-5-11(14)13(9)16-12/h3-5,8,16H,6-7,15H2,1-2H3. The number of rotatable bonds is 3. The van der Waals surface area contributed by atoms with Gasteiger partial charge in [0.1, 0.15) is 5.82 Å². The summed E-state index contributed by atoms with van der Waals surface area (Å²) in [5, 5.41) is 0.967. The molecule has 0 aliphatic heterocycles. The largest absolute Gasteiger partial charge is 0.356 e. The number of benzene rings is 1. The fourth-order valence-electron chi connectivity index (χ4n) is 2.16. The van der Waals surface area contributed by atoms with Crippen LogP contribution in [0.5, 0.6) is 0 Å². The minimum absolute atomic E-state index is 0.192. The number of nitrogens with one attached hydrogen (secondary N) is 1. The zero-order valence-electron chi connectivity index (χ0n) is 9.68. The Kier molecular flexibility index (Phi) is 2.97. The lowest BCUT2D eigenvalue weighted by Gasteiger charge is -2.06. The van der Waals surface area contributed by atoms with Crippen LogP contribution in [0.15, 0.2) is 18.2 Å². The molecule has 16 heavy (non-hydrogen) atoms. The van der Waals surface area contributed by atoms with E-state index >= 15 is 0 Å². The maximum Gasteiger partial charge on any atom is 0.147 e. The molecule has 0 radical (unpaired) electrons. The number of hydrogen-bond donors (Lipinski definition) is 2. The molecular formula is C13H17FN2. The monoisotopic (exact) mass is 220 g/mol. The molecule has 0 fully saturated rings. The Morgan fingerprint density at radius 3 is 2.75 bits per heavy atom. The number of fused-ring (bicyclic) bond motifs is 1. The van der Waals surface area contributed by atoms with Gasteiger partial charge in [-0.3, -0.25) is 0 Å². The van der Waals surface area contributed by atoms with Crippen molar-refractivity contribution in [3.63, 3.8) is 0 Å². The van der Waals surface area contributed by atoms with Gasteiger partial charge in [0.05, 0.1) is 5.52 Å². The molecule has 0 aliphatic carbocycles. The average Bonchev–Trinajstić information content (AvgIpc) is 2.60. The fourth-order valence-corrected chi connectivity index (χ4v) is 2.16. The summed E-state index contributed by atoms with van der Waals surface area (Å²) in [6.45, 7) is 4.79. The fraction of sp³-hybridized carbons (Fsp3) is 0.385. The lowest BCUT2D eigenvalue weighted by molar-refractivity contribution is 0.636. The second-order valence-electron chi connectivity index (χ2n) is 4.37. The highest BCUT2D eigenvalue weighted by Crippen LogP contribution is 2.29. The van der Waals surface area contributed by atoms with Gasteiger partial charge in [-0.05, 0) is 30.5 Å². The van der Waals surface area contributed by atoms with Crippen molar-refractivity contribution in [2.24, 2.45) is 5.73 Å². The molecule has 3 heteroatoms. The molecule has 1 heterocycles. The molecule has 0 saturated heterocycles. The number of nitrogens with two attached hydrogens (primary N) is 1. The molecule has 0 saturated carbocycles. The van der Waals surface area contributed by atoms with E-state index in [4.69, 9.17) is 5.73 Å². The molecule has 0 atom stereocenters. The Balaban J connectivity index is 2.70. The van der Waals surface area contributed by atoms with Crippen molar-refractivity contribution >= 4 is 10.9 Å². The number of hydrogen-bond acceptors (Lipinski definition) is 1. The van der Waals surface area contributed by atoms with Gasteiger partial charge in [0, 0.05) is 11.1 Å². The highest BCUT2D eigenvalue weighted by atomic mass is 19.1. The van der Waals surface area contributed by atoms with Gasteiger partial charge >= 0.3 is 0 Å². The zero-order valence-corrected chi connectivity index (χ0v) is 9.68. The summed E-state index contributed by atoms with van der Waals surface area (Å²) in [6, 6.07) is 5.18. The van der Waals surface area contributed by atoms with Crippen molar-refractivity contribution in [2.75, 3.05) is 6.54 Å². The summed E-state index contributed by atoms with van der Waals surface area (Å²) in [5.41, 5.74) is 8.48. The van der Waals surface area contributed by atoms with Gasteiger partial charge in [-0.25, -0.2) is 4.39 Å². The van der Waals surface area contributed by atoms with E-state index in [0.717, 1.165) is 23.1 Å². The van der Waals surface area contributed by atoms with Crippen LogP contribution in [-0.4, -0.2) is 11.5 Å². The molecule has 2 aromatic rings.